The van der Waals surface area contributed by atoms with Gasteiger partial charge in [-0.15, -0.1) is 0 Å². The van der Waals surface area contributed by atoms with Crippen molar-refractivity contribution in [3.63, 3.8) is 0 Å². The fourth-order valence-corrected chi connectivity index (χ4v) is 3.67. The van der Waals surface area contributed by atoms with Gasteiger partial charge in [-0.25, -0.2) is 8.78 Å². The molecular formula is C24H20F2N2O2. The Bertz CT molecular complexity index is 1070. The molecule has 2 amide bonds. The van der Waals surface area contributed by atoms with Crippen LogP contribution in [0.15, 0.2) is 72.8 Å². The van der Waals surface area contributed by atoms with E-state index in [9.17, 15) is 18.4 Å². The largest absolute Gasteiger partial charge is 0.352 e. The molecule has 0 aromatic heterocycles. The first kappa shape index (κ1) is 19.8. The summed E-state index contributed by atoms with van der Waals surface area (Å²) in [7, 11) is 0. The van der Waals surface area contributed by atoms with E-state index >= 15 is 0 Å². The maximum Gasteiger partial charge on any atom is 0.255 e. The van der Waals surface area contributed by atoms with E-state index in [-0.39, 0.29) is 36.4 Å². The van der Waals surface area contributed by atoms with Gasteiger partial charge in [0.15, 0.2) is 0 Å². The maximum atomic E-state index is 13.4. The number of hydrogen-bond acceptors (Lipinski definition) is 2. The second-order valence-corrected chi connectivity index (χ2v) is 7.26. The van der Waals surface area contributed by atoms with Crippen LogP contribution in [0.1, 0.15) is 39.5 Å². The summed E-state index contributed by atoms with van der Waals surface area (Å²) in [5, 5.41) is 2.82. The molecule has 4 rings (SSSR count). The van der Waals surface area contributed by atoms with Gasteiger partial charge in [-0.3, -0.25) is 9.59 Å². The highest BCUT2D eigenvalue weighted by Crippen LogP contribution is 2.33. The van der Waals surface area contributed by atoms with Gasteiger partial charge in [0.05, 0.1) is 12.5 Å². The fourth-order valence-electron chi connectivity index (χ4n) is 3.67. The van der Waals surface area contributed by atoms with Crippen LogP contribution < -0.4 is 5.32 Å². The van der Waals surface area contributed by atoms with Crippen molar-refractivity contribution in [1.29, 1.82) is 0 Å². The van der Waals surface area contributed by atoms with Crippen LogP contribution in [0.5, 0.6) is 0 Å². The zero-order valence-electron chi connectivity index (χ0n) is 16.1. The lowest BCUT2D eigenvalue weighted by atomic mass is 10.0. The van der Waals surface area contributed by atoms with Crippen molar-refractivity contribution in [3.05, 3.63) is 107 Å². The van der Waals surface area contributed by atoms with E-state index in [1.165, 1.54) is 24.3 Å². The molecule has 3 aromatic rings. The Hall–Kier alpha value is -3.54. The lowest BCUT2D eigenvalue weighted by Gasteiger charge is -2.28. The molecule has 1 heterocycles. The molecule has 3 aromatic carbocycles. The first-order valence-electron chi connectivity index (χ1n) is 9.67. The highest BCUT2D eigenvalue weighted by molar-refractivity contribution is 5.98. The van der Waals surface area contributed by atoms with Gasteiger partial charge >= 0.3 is 0 Å². The van der Waals surface area contributed by atoms with Gasteiger partial charge in [-0.05, 0) is 47.0 Å². The Labute approximate surface area is 173 Å². The van der Waals surface area contributed by atoms with Gasteiger partial charge in [0.2, 0.25) is 5.91 Å². The van der Waals surface area contributed by atoms with Gasteiger partial charge in [0.25, 0.3) is 5.91 Å². The van der Waals surface area contributed by atoms with Crippen LogP contribution in [0, 0.1) is 11.6 Å². The summed E-state index contributed by atoms with van der Waals surface area (Å²) in [5.41, 5.74) is 2.99. The first-order chi connectivity index (χ1) is 14.5. The molecular weight excluding hydrogens is 386 g/mol. The van der Waals surface area contributed by atoms with Crippen LogP contribution >= 0.6 is 0 Å². The topological polar surface area (TPSA) is 49.4 Å². The molecule has 152 valence electrons. The van der Waals surface area contributed by atoms with E-state index in [4.69, 9.17) is 0 Å². The van der Waals surface area contributed by atoms with Gasteiger partial charge in [0.1, 0.15) is 11.6 Å². The number of halogens is 2. The number of benzene rings is 3. The number of fused-ring (bicyclic) bond motifs is 1. The highest BCUT2D eigenvalue weighted by Gasteiger charge is 2.34. The normalized spacial score (nSPS) is 13.8. The number of carbonyl (C=O) groups excluding carboxylic acids is 2. The standard InChI is InChI=1S/C24H20F2N2O2/c25-19-9-5-16(6-10-19)14-27-23(29)13-22(17-7-11-20(26)12-8-17)28-15-18-3-1-2-4-21(18)24(28)30/h1-12,22H,13-15H2,(H,27,29). The van der Waals surface area contributed by atoms with E-state index < -0.39 is 6.04 Å². The molecule has 0 aliphatic carbocycles. The third-order valence-corrected chi connectivity index (χ3v) is 5.26. The Morgan fingerprint density at radius 3 is 2.23 bits per heavy atom. The average Bonchev–Trinajstić information content (AvgIpc) is 3.09. The number of carbonyl (C=O) groups is 2. The van der Waals surface area contributed by atoms with Gasteiger partial charge in [-0.2, -0.15) is 0 Å². The van der Waals surface area contributed by atoms with E-state index in [1.807, 2.05) is 18.2 Å². The minimum absolute atomic E-state index is 0.0343. The van der Waals surface area contributed by atoms with E-state index in [1.54, 1.807) is 35.2 Å². The zero-order valence-corrected chi connectivity index (χ0v) is 16.1. The molecule has 30 heavy (non-hydrogen) atoms. The molecule has 1 atom stereocenters. The Morgan fingerprint density at radius 1 is 0.933 bits per heavy atom. The minimum atomic E-state index is -0.529. The molecule has 1 aliphatic rings. The van der Waals surface area contributed by atoms with Crippen LogP contribution in [0.2, 0.25) is 0 Å². The molecule has 0 spiro atoms. The Balaban J connectivity index is 1.52. The molecule has 0 saturated carbocycles. The zero-order chi connectivity index (χ0) is 21.1. The molecule has 0 saturated heterocycles. The van der Waals surface area contributed by atoms with Crippen molar-refractivity contribution in [2.24, 2.45) is 0 Å². The summed E-state index contributed by atoms with van der Waals surface area (Å²) in [5.74, 6) is -1.12. The van der Waals surface area contributed by atoms with Crippen LogP contribution in [-0.4, -0.2) is 16.7 Å². The monoisotopic (exact) mass is 406 g/mol. The average molecular weight is 406 g/mol. The van der Waals surface area contributed by atoms with Crippen LogP contribution in [0.25, 0.3) is 0 Å². The van der Waals surface area contributed by atoms with Crippen molar-refractivity contribution in [2.45, 2.75) is 25.6 Å². The second kappa shape index (κ2) is 8.45. The van der Waals surface area contributed by atoms with E-state index in [2.05, 4.69) is 5.32 Å². The van der Waals surface area contributed by atoms with E-state index in [0.29, 0.717) is 17.7 Å². The maximum absolute atomic E-state index is 13.4. The van der Waals surface area contributed by atoms with Gasteiger partial charge < -0.3 is 10.2 Å². The minimum Gasteiger partial charge on any atom is -0.352 e. The highest BCUT2D eigenvalue weighted by atomic mass is 19.1. The molecule has 0 bridgehead atoms. The van der Waals surface area contributed by atoms with Gasteiger partial charge in [-0.1, -0.05) is 42.5 Å². The van der Waals surface area contributed by atoms with Crippen molar-refractivity contribution in [2.75, 3.05) is 0 Å². The summed E-state index contributed by atoms with van der Waals surface area (Å²) in [6, 6.07) is 18.6. The smallest absolute Gasteiger partial charge is 0.255 e. The molecule has 6 heteroatoms. The third kappa shape index (κ3) is 4.22. The van der Waals surface area contributed by atoms with Crippen molar-refractivity contribution < 1.29 is 18.4 Å². The number of amides is 2. The fraction of sp³-hybridized carbons (Fsp3) is 0.167. The lowest BCUT2D eigenvalue weighted by Crippen LogP contribution is -2.34. The van der Waals surface area contributed by atoms with Gasteiger partial charge in [0, 0.05) is 18.7 Å². The Kier molecular flexibility index (Phi) is 5.57. The number of nitrogens with zero attached hydrogens (tertiary/aromatic N) is 1. The SMILES string of the molecule is O=C(CC(c1ccc(F)cc1)N1Cc2ccccc2C1=O)NCc1ccc(F)cc1. The number of rotatable bonds is 6. The summed E-state index contributed by atoms with van der Waals surface area (Å²) >= 11 is 0. The second-order valence-electron chi connectivity index (χ2n) is 7.26. The van der Waals surface area contributed by atoms with Crippen LogP contribution in [-0.2, 0) is 17.9 Å². The summed E-state index contributed by atoms with van der Waals surface area (Å²) in [4.78, 5) is 27.3. The van der Waals surface area contributed by atoms with Crippen molar-refractivity contribution in [3.8, 4) is 0 Å². The molecule has 4 nitrogen and oxygen atoms in total. The summed E-state index contributed by atoms with van der Waals surface area (Å²) in [6.45, 7) is 0.645. The van der Waals surface area contributed by atoms with Crippen molar-refractivity contribution in [1.82, 2.24) is 10.2 Å². The van der Waals surface area contributed by atoms with Crippen LogP contribution in [0.4, 0.5) is 8.78 Å². The lowest BCUT2D eigenvalue weighted by molar-refractivity contribution is -0.122. The first-order valence-corrected chi connectivity index (χ1v) is 9.67. The number of hydrogen-bond donors (Lipinski definition) is 1. The van der Waals surface area contributed by atoms with Crippen molar-refractivity contribution >= 4 is 11.8 Å². The molecule has 1 aliphatic heterocycles. The van der Waals surface area contributed by atoms with Crippen LogP contribution in [0.3, 0.4) is 0 Å². The summed E-state index contributed by atoms with van der Waals surface area (Å²) in [6.07, 6.45) is 0.0343. The quantitative estimate of drug-likeness (QED) is 0.661. The van der Waals surface area contributed by atoms with E-state index in [0.717, 1.165) is 11.1 Å². The summed E-state index contributed by atoms with van der Waals surface area (Å²) < 4.78 is 26.5. The molecule has 1 unspecified atom stereocenters. The molecule has 0 fully saturated rings. The predicted molar refractivity (Wildman–Crippen MR) is 108 cm³/mol. The third-order valence-electron chi connectivity index (χ3n) is 5.26. The molecule has 0 radical (unpaired) electrons. The predicted octanol–water partition coefficient (Wildman–Crippen LogP) is 4.37. The number of nitrogens with one attached hydrogen (secondary N) is 1. The Morgan fingerprint density at radius 2 is 1.57 bits per heavy atom. The molecule has 1 N–H and O–H groups in total.